The van der Waals surface area contributed by atoms with Crippen LogP contribution in [0.25, 0.3) is 0 Å². The Morgan fingerprint density at radius 3 is 2.50 bits per heavy atom. The summed E-state index contributed by atoms with van der Waals surface area (Å²) in [5.41, 5.74) is -3.39. The number of alkyl halides is 5. The fourth-order valence-corrected chi connectivity index (χ4v) is 1.34. The van der Waals surface area contributed by atoms with Crippen LogP contribution < -0.4 is 4.74 Å². The van der Waals surface area contributed by atoms with E-state index in [-0.39, 0.29) is 6.20 Å². The van der Waals surface area contributed by atoms with Crippen molar-refractivity contribution in [1.82, 2.24) is 4.98 Å². The molecule has 1 rings (SSSR count). The van der Waals surface area contributed by atoms with Gasteiger partial charge in [-0.2, -0.15) is 5.26 Å². The van der Waals surface area contributed by atoms with Crippen molar-refractivity contribution in [3.8, 4) is 11.8 Å². The van der Waals surface area contributed by atoms with Gasteiger partial charge in [-0.1, -0.05) is 0 Å². The fraction of sp³-hybridized carbons (Fsp3) is 0.333. The van der Waals surface area contributed by atoms with Crippen molar-refractivity contribution in [1.29, 1.82) is 5.26 Å². The molecular weight excluding hydrogens is 293 g/mol. The van der Waals surface area contributed by atoms with Crippen LogP contribution >= 0.6 is 0 Å². The van der Waals surface area contributed by atoms with Crippen LogP contribution in [0.2, 0.25) is 0 Å². The first-order valence-electron chi connectivity index (χ1n) is 4.74. The second-order valence-electron chi connectivity index (χ2n) is 3.28. The highest BCUT2D eigenvalue weighted by Crippen LogP contribution is 2.38. The Morgan fingerprint density at radius 2 is 2.10 bits per heavy atom. The summed E-state index contributed by atoms with van der Waals surface area (Å²) in [6.07, 6.45) is -9.37. The maximum atomic E-state index is 12.6. The average molecular weight is 297 g/mol. The Hall–Kier alpha value is -2.51. The molecule has 0 spiro atoms. The van der Waals surface area contributed by atoms with Crippen LogP contribution in [-0.2, 0) is 6.42 Å². The molecule has 0 radical (unpaired) electrons. The van der Waals surface area contributed by atoms with Gasteiger partial charge in [-0.3, -0.25) is 10.1 Å². The largest absolute Gasteiger partial charge is 0.573 e. The molecule has 0 fully saturated rings. The molecule has 1 aromatic rings. The van der Waals surface area contributed by atoms with Gasteiger partial charge in [0.25, 0.3) is 6.43 Å². The molecule has 0 aromatic carbocycles. The maximum absolute atomic E-state index is 12.6. The lowest BCUT2D eigenvalue weighted by atomic mass is 10.1. The molecular formula is C9H4F5N3O3. The first-order valence-corrected chi connectivity index (χ1v) is 4.74. The van der Waals surface area contributed by atoms with Gasteiger partial charge in [0.05, 0.1) is 17.4 Å². The topological polar surface area (TPSA) is 89.0 Å². The number of hydrogen-bond acceptors (Lipinski definition) is 5. The summed E-state index contributed by atoms with van der Waals surface area (Å²) >= 11 is 0. The molecule has 0 saturated carbocycles. The minimum Gasteiger partial charge on any atom is -0.398 e. The normalized spacial score (nSPS) is 11.2. The van der Waals surface area contributed by atoms with Crippen molar-refractivity contribution in [2.75, 3.05) is 0 Å². The number of nitriles is 1. The minimum atomic E-state index is -5.34. The number of aromatic nitrogens is 1. The van der Waals surface area contributed by atoms with Gasteiger partial charge in [0, 0.05) is 5.56 Å². The summed E-state index contributed by atoms with van der Waals surface area (Å²) in [6.45, 7) is 0. The molecule has 0 amide bonds. The Balaban J connectivity index is 3.57. The summed E-state index contributed by atoms with van der Waals surface area (Å²) in [5, 5.41) is 19.0. The molecule has 108 valence electrons. The van der Waals surface area contributed by atoms with Crippen molar-refractivity contribution in [3.63, 3.8) is 0 Å². The van der Waals surface area contributed by atoms with E-state index in [9.17, 15) is 32.1 Å². The van der Waals surface area contributed by atoms with Gasteiger partial charge in [-0.15, -0.1) is 13.2 Å². The van der Waals surface area contributed by atoms with E-state index in [1.54, 1.807) is 0 Å². The SMILES string of the molecule is N#CCc1c(C(F)F)ncc([N+](=O)[O-])c1OC(F)(F)F. The Labute approximate surface area is 107 Å². The van der Waals surface area contributed by atoms with E-state index in [2.05, 4.69) is 9.72 Å². The van der Waals surface area contributed by atoms with Crippen LogP contribution in [0, 0.1) is 21.4 Å². The molecule has 0 saturated heterocycles. The first kappa shape index (κ1) is 15.5. The number of ether oxygens (including phenoxy) is 1. The maximum Gasteiger partial charge on any atom is 0.573 e. The molecule has 11 heteroatoms. The average Bonchev–Trinajstić information content (AvgIpc) is 2.28. The lowest BCUT2D eigenvalue weighted by Crippen LogP contribution is -2.20. The molecule has 0 aliphatic heterocycles. The van der Waals surface area contributed by atoms with Crippen LogP contribution in [-0.4, -0.2) is 16.3 Å². The quantitative estimate of drug-likeness (QED) is 0.484. The summed E-state index contributed by atoms with van der Waals surface area (Å²) in [4.78, 5) is 12.3. The molecule has 20 heavy (non-hydrogen) atoms. The smallest absolute Gasteiger partial charge is 0.398 e. The van der Waals surface area contributed by atoms with Gasteiger partial charge >= 0.3 is 12.0 Å². The van der Waals surface area contributed by atoms with Gasteiger partial charge in [0.1, 0.15) is 11.9 Å². The predicted octanol–water partition coefficient (Wildman–Crippen LogP) is 2.89. The number of hydrogen-bond donors (Lipinski definition) is 0. The van der Waals surface area contributed by atoms with E-state index in [1.165, 1.54) is 6.07 Å². The van der Waals surface area contributed by atoms with Crippen molar-refractivity contribution in [2.45, 2.75) is 19.2 Å². The van der Waals surface area contributed by atoms with E-state index in [1.807, 2.05) is 0 Å². The zero-order valence-electron chi connectivity index (χ0n) is 9.32. The van der Waals surface area contributed by atoms with Crippen molar-refractivity contribution < 1.29 is 31.6 Å². The van der Waals surface area contributed by atoms with E-state index in [0.29, 0.717) is 0 Å². The van der Waals surface area contributed by atoms with Gasteiger partial charge in [0.2, 0.25) is 5.75 Å². The first-order chi connectivity index (χ1) is 9.17. The van der Waals surface area contributed by atoms with Crippen LogP contribution in [0.5, 0.6) is 5.75 Å². The summed E-state index contributed by atoms with van der Waals surface area (Å²) < 4.78 is 65.2. The third-order valence-electron chi connectivity index (χ3n) is 2.02. The molecule has 0 aliphatic carbocycles. The standard InChI is InChI=1S/C9H4F5N3O3/c10-8(11)6-4(1-2-15)7(20-9(12,13)14)5(3-16-6)17(18)19/h3,8H,1H2. The number of nitro groups is 1. The van der Waals surface area contributed by atoms with Crippen molar-refractivity contribution in [2.24, 2.45) is 0 Å². The van der Waals surface area contributed by atoms with E-state index in [4.69, 9.17) is 5.26 Å². The number of nitrogens with zero attached hydrogens (tertiary/aromatic N) is 3. The fourth-order valence-electron chi connectivity index (χ4n) is 1.34. The molecule has 6 nitrogen and oxygen atoms in total. The van der Waals surface area contributed by atoms with Crippen molar-refractivity contribution >= 4 is 5.69 Å². The van der Waals surface area contributed by atoms with Gasteiger partial charge in [-0.25, -0.2) is 13.8 Å². The molecule has 0 N–H and O–H groups in total. The minimum absolute atomic E-state index is 0.226. The molecule has 1 heterocycles. The monoisotopic (exact) mass is 297 g/mol. The van der Waals surface area contributed by atoms with E-state index >= 15 is 0 Å². The Morgan fingerprint density at radius 1 is 1.50 bits per heavy atom. The van der Waals surface area contributed by atoms with Crippen LogP contribution in [0.15, 0.2) is 6.20 Å². The predicted molar refractivity (Wildman–Crippen MR) is 51.8 cm³/mol. The Bertz CT molecular complexity index is 567. The van der Waals surface area contributed by atoms with Crippen LogP contribution in [0.3, 0.4) is 0 Å². The lowest BCUT2D eigenvalue weighted by molar-refractivity contribution is -0.389. The van der Waals surface area contributed by atoms with Gasteiger partial charge in [-0.05, 0) is 0 Å². The van der Waals surface area contributed by atoms with Crippen molar-refractivity contribution in [3.05, 3.63) is 27.6 Å². The third kappa shape index (κ3) is 3.50. The number of halogens is 5. The molecule has 0 unspecified atom stereocenters. The zero-order chi connectivity index (χ0) is 15.5. The number of pyridine rings is 1. The highest BCUT2D eigenvalue weighted by molar-refractivity contribution is 5.53. The van der Waals surface area contributed by atoms with Crippen LogP contribution in [0.4, 0.5) is 27.6 Å². The second kappa shape index (κ2) is 5.64. The second-order valence-corrected chi connectivity index (χ2v) is 3.28. The number of rotatable bonds is 4. The van der Waals surface area contributed by atoms with E-state index in [0.717, 1.165) is 0 Å². The Kier molecular flexibility index (Phi) is 4.38. The van der Waals surface area contributed by atoms with Gasteiger partial charge < -0.3 is 4.74 Å². The van der Waals surface area contributed by atoms with Gasteiger partial charge in [0.15, 0.2) is 0 Å². The lowest BCUT2D eigenvalue weighted by Gasteiger charge is -2.14. The summed E-state index contributed by atoms with van der Waals surface area (Å²) in [7, 11) is 0. The molecule has 0 aliphatic rings. The summed E-state index contributed by atoms with van der Waals surface area (Å²) in [5.74, 6) is -1.45. The molecule has 0 atom stereocenters. The highest BCUT2D eigenvalue weighted by atomic mass is 19.4. The molecule has 1 aromatic heterocycles. The summed E-state index contributed by atoms with van der Waals surface area (Å²) in [6, 6.07) is 1.33. The highest BCUT2D eigenvalue weighted by Gasteiger charge is 2.38. The molecule has 0 bridgehead atoms. The zero-order valence-corrected chi connectivity index (χ0v) is 9.32. The van der Waals surface area contributed by atoms with Crippen LogP contribution in [0.1, 0.15) is 17.7 Å². The third-order valence-corrected chi connectivity index (χ3v) is 2.02. The van der Waals surface area contributed by atoms with E-state index < -0.39 is 46.8 Å².